The molecule has 0 aromatic carbocycles. The first-order chi connectivity index (χ1) is 6.97. The van der Waals surface area contributed by atoms with Crippen LogP contribution in [0.5, 0.6) is 0 Å². The van der Waals surface area contributed by atoms with Crippen molar-refractivity contribution < 1.29 is 5.11 Å². The highest BCUT2D eigenvalue weighted by Gasteiger charge is 2.39. The number of hydrogen-bond acceptors (Lipinski definition) is 4. The summed E-state index contributed by atoms with van der Waals surface area (Å²) in [6.07, 6.45) is 1.35. The van der Waals surface area contributed by atoms with Crippen LogP contribution < -0.4 is 11.1 Å². The van der Waals surface area contributed by atoms with E-state index in [-0.39, 0.29) is 11.6 Å². The highest BCUT2D eigenvalue weighted by Crippen LogP contribution is 2.35. The molecule has 1 aromatic heterocycles. The van der Waals surface area contributed by atoms with Crippen molar-refractivity contribution in [3.63, 3.8) is 0 Å². The second-order valence-corrected chi connectivity index (χ2v) is 5.59. The molecule has 0 bridgehead atoms. The van der Waals surface area contributed by atoms with Gasteiger partial charge in [-0.3, -0.25) is 0 Å². The first-order valence-corrected chi connectivity index (χ1v) is 5.94. The Morgan fingerprint density at radius 3 is 2.80 bits per heavy atom. The number of aromatic nitrogens is 1. The summed E-state index contributed by atoms with van der Waals surface area (Å²) in [5.74, 6) is 1.31. The van der Waals surface area contributed by atoms with Gasteiger partial charge in [-0.2, -0.15) is 0 Å². The summed E-state index contributed by atoms with van der Waals surface area (Å²) < 4.78 is 1.06. The number of aliphatic hydroxyl groups excluding tert-OH is 1. The number of aliphatic hydroxyl groups is 1. The van der Waals surface area contributed by atoms with Crippen molar-refractivity contribution in [2.24, 2.45) is 0 Å². The number of nitrogen functional groups attached to an aromatic ring is 1. The van der Waals surface area contributed by atoms with Gasteiger partial charge in [-0.05, 0) is 54.5 Å². The molecule has 1 fully saturated rings. The third-order valence-corrected chi connectivity index (χ3v) is 3.23. The van der Waals surface area contributed by atoms with Gasteiger partial charge in [0.1, 0.15) is 11.6 Å². The van der Waals surface area contributed by atoms with Crippen LogP contribution in [-0.2, 0) is 0 Å². The number of nitrogens with two attached hydrogens (primary N) is 1. The summed E-state index contributed by atoms with van der Waals surface area (Å²) in [5, 5.41) is 12.6. The third-order valence-electron chi connectivity index (χ3n) is 2.61. The average Bonchev–Trinajstić information content (AvgIpc) is 1.97. The van der Waals surface area contributed by atoms with Crippen LogP contribution in [0.1, 0.15) is 19.8 Å². The molecular formula is C10H14IN3O. The SMILES string of the molecule is CC1(Nc2cc(I)cc(N)n2)CC(O)C1. The standard InChI is InChI=1S/C10H14IN3O/c1-10(4-7(15)5-10)14-9-3-6(11)2-8(12)13-9/h2-3,7,15H,4-5H2,1H3,(H3,12,13,14). The van der Waals surface area contributed by atoms with E-state index >= 15 is 0 Å². The van der Waals surface area contributed by atoms with Gasteiger partial charge in [0.15, 0.2) is 0 Å². The van der Waals surface area contributed by atoms with E-state index in [0.29, 0.717) is 5.82 Å². The number of halogens is 1. The maximum atomic E-state index is 9.28. The van der Waals surface area contributed by atoms with Gasteiger partial charge in [-0.1, -0.05) is 0 Å². The molecule has 15 heavy (non-hydrogen) atoms. The normalized spacial score (nSPS) is 29.7. The Morgan fingerprint density at radius 1 is 1.60 bits per heavy atom. The highest BCUT2D eigenvalue weighted by molar-refractivity contribution is 14.1. The summed E-state index contributed by atoms with van der Waals surface area (Å²) in [7, 11) is 0. The van der Waals surface area contributed by atoms with Gasteiger partial charge >= 0.3 is 0 Å². The molecule has 0 unspecified atom stereocenters. The highest BCUT2D eigenvalue weighted by atomic mass is 127. The van der Waals surface area contributed by atoms with Crippen molar-refractivity contribution in [1.82, 2.24) is 4.98 Å². The third kappa shape index (κ3) is 2.52. The number of pyridine rings is 1. The lowest BCUT2D eigenvalue weighted by Crippen LogP contribution is -2.50. The molecule has 1 aromatic rings. The van der Waals surface area contributed by atoms with Crippen molar-refractivity contribution in [3.8, 4) is 0 Å². The van der Waals surface area contributed by atoms with Crippen molar-refractivity contribution in [2.45, 2.75) is 31.4 Å². The Morgan fingerprint density at radius 2 is 2.27 bits per heavy atom. The topological polar surface area (TPSA) is 71.2 Å². The van der Waals surface area contributed by atoms with E-state index in [1.165, 1.54) is 0 Å². The van der Waals surface area contributed by atoms with Crippen LogP contribution >= 0.6 is 22.6 Å². The van der Waals surface area contributed by atoms with Gasteiger partial charge in [0.25, 0.3) is 0 Å². The fourth-order valence-corrected chi connectivity index (χ4v) is 2.59. The van der Waals surface area contributed by atoms with Crippen LogP contribution in [0, 0.1) is 3.57 Å². The first-order valence-electron chi connectivity index (χ1n) is 4.86. The van der Waals surface area contributed by atoms with Crippen LogP contribution in [0.2, 0.25) is 0 Å². The van der Waals surface area contributed by atoms with E-state index in [4.69, 9.17) is 5.73 Å². The number of anilines is 2. The van der Waals surface area contributed by atoms with Crippen molar-refractivity contribution in [3.05, 3.63) is 15.7 Å². The zero-order chi connectivity index (χ0) is 11.1. The van der Waals surface area contributed by atoms with E-state index in [1.54, 1.807) is 0 Å². The van der Waals surface area contributed by atoms with Crippen LogP contribution in [0.15, 0.2) is 12.1 Å². The van der Waals surface area contributed by atoms with Crippen molar-refractivity contribution in [1.29, 1.82) is 0 Å². The largest absolute Gasteiger partial charge is 0.393 e. The lowest BCUT2D eigenvalue weighted by molar-refractivity contribution is 0.0421. The molecule has 1 heterocycles. The zero-order valence-electron chi connectivity index (χ0n) is 8.50. The van der Waals surface area contributed by atoms with Gasteiger partial charge in [0.2, 0.25) is 0 Å². The molecule has 0 radical (unpaired) electrons. The van der Waals surface area contributed by atoms with Crippen molar-refractivity contribution >= 4 is 34.2 Å². The van der Waals surface area contributed by atoms with Crippen LogP contribution in [0.3, 0.4) is 0 Å². The molecule has 4 N–H and O–H groups in total. The molecule has 1 aliphatic rings. The van der Waals surface area contributed by atoms with E-state index in [2.05, 4.69) is 39.8 Å². The minimum atomic E-state index is -0.178. The summed E-state index contributed by atoms with van der Waals surface area (Å²) in [4.78, 5) is 4.21. The van der Waals surface area contributed by atoms with E-state index < -0.39 is 0 Å². The predicted octanol–water partition coefficient (Wildman–Crippen LogP) is 1.59. The summed E-state index contributed by atoms with van der Waals surface area (Å²) in [6, 6.07) is 3.77. The average molecular weight is 319 g/mol. The molecular weight excluding hydrogens is 305 g/mol. The lowest BCUT2D eigenvalue weighted by Gasteiger charge is -2.43. The van der Waals surface area contributed by atoms with Crippen molar-refractivity contribution in [2.75, 3.05) is 11.1 Å². The number of nitrogens with one attached hydrogen (secondary N) is 1. The van der Waals surface area contributed by atoms with E-state index in [0.717, 1.165) is 22.2 Å². The minimum absolute atomic E-state index is 0.0384. The van der Waals surface area contributed by atoms with Gasteiger partial charge < -0.3 is 16.2 Å². The number of rotatable bonds is 2. The molecule has 0 saturated heterocycles. The maximum absolute atomic E-state index is 9.28. The molecule has 1 aliphatic carbocycles. The fourth-order valence-electron chi connectivity index (χ4n) is 1.97. The lowest BCUT2D eigenvalue weighted by atomic mass is 9.76. The summed E-state index contributed by atoms with van der Waals surface area (Å²) >= 11 is 2.21. The molecule has 5 heteroatoms. The maximum Gasteiger partial charge on any atom is 0.129 e. The molecule has 4 nitrogen and oxygen atoms in total. The Hall–Kier alpha value is -0.560. The van der Waals surface area contributed by atoms with Gasteiger partial charge in [0, 0.05) is 9.11 Å². The molecule has 82 valence electrons. The van der Waals surface area contributed by atoms with Crippen LogP contribution in [0.4, 0.5) is 11.6 Å². The number of nitrogens with zero attached hydrogens (tertiary/aromatic N) is 1. The molecule has 2 rings (SSSR count). The molecule has 0 spiro atoms. The smallest absolute Gasteiger partial charge is 0.129 e. The molecule has 0 amide bonds. The Labute approximate surface area is 102 Å². The predicted molar refractivity (Wildman–Crippen MR) is 68.6 cm³/mol. The van der Waals surface area contributed by atoms with Crippen LogP contribution in [-0.4, -0.2) is 21.7 Å². The number of hydrogen-bond donors (Lipinski definition) is 3. The Kier molecular flexibility index (Phi) is 2.76. The molecule has 0 aliphatic heterocycles. The first kappa shape index (κ1) is 10.9. The van der Waals surface area contributed by atoms with Gasteiger partial charge in [-0.15, -0.1) is 0 Å². The quantitative estimate of drug-likeness (QED) is 0.724. The molecule has 1 saturated carbocycles. The Balaban J connectivity index is 2.11. The second-order valence-electron chi connectivity index (χ2n) is 4.34. The van der Waals surface area contributed by atoms with Gasteiger partial charge in [-0.25, -0.2) is 4.98 Å². The van der Waals surface area contributed by atoms with Crippen LogP contribution in [0.25, 0.3) is 0 Å². The zero-order valence-corrected chi connectivity index (χ0v) is 10.7. The second kappa shape index (κ2) is 3.79. The van der Waals surface area contributed by atoms with Gasteiger partial charge in [0.05, 0.1) is 6.10 Å². The summed E-state index contributed by atoms with van der Waals surface area (Å²) in [6.45, 7) is 2.08. The minimum Gasteiger partial charge on any atom is -0.393 e. The van der Waals surface area contributed by atoms with E-state index in [1.807, 2.05) is 12.1 Å². The van der Waals surface area contributed by atoms with E-state index in [9.17, 15) is 5.11 Å². The molecule has 0 atom stereocenters. The fraction of sp³-hybridized carbons (Fsp3) is 0.500. The Bertz CT molecular complexity index is 357. The summed E-state index contributed by atoms with van der Waals surface area (Å²) in [5.41, 5.74) is 5.62. The monoisotopic (exact) mass is 319 g/mol.